The van der Waals surface area contributed by atoms with E-state index in [4.69, 9.17) is 22.1 Å². The van der Waals surface area contributed by atoms with Crippen molar-refractivity contribution in [3.05, 3.63) is 69.7 Å². The van der Waals surface area contributed by atoms with Crippen LogP contribution in [0.5, 0.6) is 0 Å². The van der Waals surface area contributed by atoms with Crippen molar-refractivity contribution < 1.29 is 4.74 Å². The Morgan fingerprint density at radius 3 is 2.50 bits per heavy atom. The quantitative estimate of drug-likeness (QED) is 0.906. The summed E-state index contributed by atoms with van der Waals surface area (Å²) in [4.78, 5) is 0. The molecule has 2 aromatic carbocycles. The maximum absolute atomic E-state index is 6.35. The molecule has 0 radical (unpaired) electrons. The van der Waals surface area contributed by atoms with Crippen molar-refractivity contribution in [1.82, 2.24) is 0 Å². The molecule has 0 amide bonds. The first-order valence-electron chi connectivity index (χ1n) is 6.71. The van der Waals surface area contributed by atoms with Gasteiger partial charge in [-0.05, 0) is 47.7 Å². The van der Waals surface area contributed by atoms with E-state index in [-0.39, 0.29) is 6.04 Å². The molecule has 1 unspecified atom stereocenters. The number of aryl methyl sites for hydroxylation is 1. The van der Waals surface area contributed by atoms with E-state index in [9.17, 15) is 0 Å². The fourth-order valence-corrected chi connectivity index (χ4v) is 2.42. The van der Waals surface area contributed by atoms with Crippen molar-refractivity contribution in [3.63, 3.8) is 0 Å². The van der Waals surface area contributed by atoms with E-state index in [0.717, 1.165) is 34.7 Å². The Morgan fingerprint density at radius 1 is 1.15 bits per heavy atom. The normalized spacial score (nSPS) is 12.4. The van der Waals surface area contributed by atoms with E-state index >= 15 is 0 Å². The zero-order chi connectivity index (χ0) is 14.5. The summed E-state index contributed by atoms with van der Waals surface area (Å²) in [5.74, 6) is 0. The summed E-state index contributed by atoms with van der Waals surface area (Å²) < 4.78 is 5.08. The second-order valence-electron chi connectivity index (χ2n) is 4.96. The second kappa shape index (κ2) is 6.89. The van der Waals surface area contributed by atoms with Crippen LogP contribution < -0.4 is 5.73 Å². The van der Waals surface area contributed by atoms with E-state index in [1.807, 2.05) is 18.2 Å². The number of methoxy groups -OCH3 is 1. The Morgan fingerprint density at radius 2 is 1.85 bits per heavy atom. The number of ether oxygens (including phenoxy) is 1. The van der Waals surface area contributed by atoms with Crippen LogP contribution in [0.3, 0.4) is 0 Å². The molecule has 0 saturated carbocycles. The van der Waals surface area contributed by atoms with Crippen molar-refractivity contribution in [3.8, 4) is 0 Å². The molecule has 20 heavy (non-hydrogen) atoms. The van der Waals surface area contributed by atoms with Crippen LogP contribution in [0.1, 0.15) is 28.3 Å². The fourth-order valence-electron chi connectivity index (χ4n) is 2.24. The van der Waals surface area contributed by atoms with Gasteiger partial charge in [0.2, 0.25) is 0 Å². The molecule has 0 aromatic heterocycles. The standard InChI is InChI=1S/C17H20ClNO/c1-12-3-8-15(18)11-16(12)17(19)14-6-4-13(5-7-14)9-10-20-2/h3-8,11,17H,9-10,19H2,1-2H3. The average Bonchev–Trinajstić information content (AvgIpc) is 2.47. The van der Waals surface area contributed by atoms with Gasteiger partial charge in [0.05, 0.1) is 12.6 Å². The smallest absolute Gasteiger partial charge is 0.0554 e. The van der Waals surface area contributed by atoms with E-state index in [0.29, 0.717) is 0 Å². The van der Waals surface area contributed by atoms with Gasteiger partial charge in [0, 0.05) is 12.1 Å². The molecule has 106 valence electrons. The lowest BCUT2D eigenvalue weighted by molar-refractivity contribution is 0.202. The SMILES string of the molecule is COCCc1ccc(C(N)c2cc(Cl)ccc2C)cc1. The summed E-state index contributed by atoms with van der Waals surface area (Å²) in [7, 11) is 1.71. The average molecular weight is 290 g/mol. The van der Waals surface area contributed by atoms with Crippen LogP contribution in [0.15, 0.2) is 42.5 Å². The van der Waals surface area contributed by atoms with Gasteiger partial charge in [0.25, 0.3) is 0 Å². The largest absolute Gasteiger partial charge is 0.384 e. The van der Waals surface area contributed by atoms with Crippen LogP contribution in [0, 0.1) is 6.92 Å². The van der Waals surface area contributed by atoms with Gasteiger partial charge >= 0.3 is 0 Å². The molecular formula is C17H20ClNO. The zero-order valence-electron chi connectivity index (χ0n) is 11.9. The molecule has 0 bridgehead atoms. The highest BCUT2D eigenvalue weighted by Crippen LogP contribution is 2.25. The van der Waals surface area contributed by atoms with Gasteiger partial charge in [0.1, 0.15) is 0 Å². The summed E-state index contributed by atoms with van der Waals surface area (Å²) in [6, 6.07) is 14.1. The van der Waals surface area contributed by atoms with E-state index < -0.39 is 0 Å². The minimum absolute atomic E-state index is 0.148. The number of hydrogen-bond donors (Lipinski definition) is 1. The third kappa shape index (κ3) is 3.60. The molecule has 2 aromatic rings. The second-order valence-corrected chi connectivity index (χ2v) is 5.40. The molecular weight excluding hydrogens is 270 g/mol. The summed E-state index contributed by atoms with van der Waals surface area (Å²) >= 11 is 6.06. The van der Waals surface area contributed by atoms with Crippen LogP contribution in [0.2, 0.25) is 5.02 Å². The number of halogens is 1. The first-order chi connectivity index (χ1) is 9.61. The molecule has 3 heteroatoms. The van der Waals surface area contributed by atoms with Gasteiger partial charge < -0.3 is 10.5 Å². The zero-order valence-corrected chi connectivity index (χ0v) is 12.7. The summed E-state index contributed by atoms with van der Waals surface area (Å²) in [6.45, 7) is 2.79. The number of rotatable bonds is 5. The molecule has 0 aliphatic carbocycles. The third-order valence-corrected chi connectivity index (χ3v) is 3.75. The molecule has 2 rings (SSSR count). The molecule has 1 atom stereocenters. The molecule has 2 nitrogen and oxygen atoms in total. The molecule has 0 fully saturated rings. The topological polar surface area (TPSA) is 35.2 Å². The van der Waals surface area contributed by atoms with Crippen LogP contribution in [0.4, 0.5) is 0 Å². The third-order valence-electron chi connectivity index (χ3n) is 3.51. The summed E-state index contributed by atoms with van der Waals surface area (Å²) in [5, 5.41) is 0.720. The molecule has 0 aliphatic heterocycles. The maximum Gasteiger partial charge on any atom is 0.0554 e. The highest BCUT2D eigenvalue weighted by atomic mass is 35.5. The van der Waals surface area contributed by atoms with Gasteiger partial charge in [-0.3, -0.25) is 0 Å². The first-order valence-corrected chi connectivity index (χ1v) is 7.09. The van der Waals surface area contributed by atoms with Crippen LogP contribution in [0.25, 0.3) is 0 Å². The van der Waals surface area contributed by atoms with Gasteiger partial charge in [-0.15, -0.1) is 0 Å². The molecule has 2 N–H and O–H groups in total. The van der Waals surface area contributed by atoms with Crippen molar-refractivity contribution in [2.75, 3.05) is 13.7 Å². The molecule has 0 spiro atoms. The van der Waals surface area contributed by atoms with Crippen LogP contribution in [-0.4, -0.2) is 13.7 Å². The number of hydrogen-bond acceptors (Lipinski definition) is 2. The number of nitrogens with two attached hydrogens (primary N) is 1. The minimum atomic E-state index is -0.148. The highest BCUT2D eigenvalue weighted by Gasteiger charge is 2.12. The van der Waals surface area contributed by atoms with Crippen molar-refractivity contribution in [2.24, 2.45) is 5.73 Å². The van der Waals surface area contributed by atoms with Gasteiger partial charge in [-0.25, -0.2) is 0 Å². The first kappa shape index (κ1) is 15.0. The van der Waals surface area contributed by atoms with Gasteiger partial charge in [-0.1, -0.05) is 41.9 Å². The van der Waals surface area contributed by atoms with E-state index in [2.05, 4.69) is 31.2 Å². The number of benzene rings is 2. The van der Waals surface area contributed by atoms with Gasteiger partial charge in [-0.2, -0.15) is 0 Å². The van der Waals surface area contributed by atoms with Crippen LogP contribution >= 0.6 is 11.6 Å². The van der Waals surface area contributed by atoms with E-state index in [1.165, 1.54) is 5.56 Å². The fraction of sp³-hybridized carbons (Fsp3) is 0.294. The molecule has 0 saturated heterocycles. The van der Waals surface area contributed by atoms with Crippen molar-refractivity contribution in [1.29, 1.82) is 0 Å². The Hall–Kier alpha value is -1.35. The van der Waals surface area contributed by atoms with E-state index in [1.54, 1.807) is 7.11 Å². The van der Waals surface area contributed by atoms with Gasteiger partial charge in [0.15, 0.2) is 0 Å². The Balaban J connectivity index is 2.20. The summed E-state index contributed by atoms with van der Waals surface area (Å²) in [6.07, 6.45) is 0.919. The predicted molar refractivity (Wildman–Crippen MR) is 84.2 cm³/mol. The molecule has 0 heterocycles. The Labute approximate surface area is 125 Å². The van der Waals surface area contributed by atoms with Crippen LogP contribution in [-0.2, 0) is 11.2 Å². The van der Waals surface area contributed by atoms with Crippen molar-refractivity contribution in [2.45, 2.75) is 19.4 Å². The lowest BCUT2D eigenvalue weighted by Crippen LogP contribution is -2.13. The summed E-state index contributed by atoms with van der Waals surface area (Å²) in [5.41, 5.74) is 10.9. The predicted octanol–water partition coefficient (Wildman–Crippen LogP) is 3.89. The highest BCUT2D eigenvalue weighted by molar-refractivity contribution is 6.30. The minimum Gasteiger partial charge on any atom is -0.384 e. The Bertz CT molecular complexity index is 566. The molecule has 0 aliphatic rings. The van der Waals surface area contributed by atoms with Crippen molar-refractivity contribution >= 4 is 11.6 Å². The maximum atomic E-state index is 6.35. The lowest BCUT2D eigenvalue weighted by Gasteiger charge is -2.16. The monoisotopic (exact) mass is 289 g/mol. The lowest BCUT2D eigenvalue weighted by atomic mass is 9.95. The Kier molecular flexibility index (Phi) is 5.18.